The zero-order chi connectivity index (χ0) is 17.4. The molecule has 0 atom stereocenters. The van der Waals surface area contributed by atoms with E-state index in [2.05, 4.69) is 10.3 Å². The molecule has 2 fully saturated rings. The van der Waals surface area contributed by atoms with E-state index < -0.39 is 11.1 Å². The molecule has 2 aromatic rings. The third-order valence-corrected chi connectivity index (χ3v) is 5.04. The molecule has 2 aromatic heterocycles. The largest absolute Gasteiger partial charge is 0.456 e. The topological polar surface area (TPSA) is 92.5 Å². The molecule has 0 bridgehead atoms. The average Bonchev–Trinajstić information content (AvgIpc) is 3.17. The van der Waals surface area contributed by atoms with Crippen LogP contribution in [0, 0.1) is 0 Å². The highest BCUT2D eigenvalue weighted by Gasteiger charge is 2.26. The Hall–Kier alpha value is -2.61. The van der Waals surface area contributed by atoms with Crippen LogP contribution >= 0.6 is 11.8 Å². The smallest absolute Gasteiger partial charge is 0.290 e. The fourth-order valence-corrected chi connectivity index (χ4v) is 3.69. The van der Waals surface area contributed by atoms with E-state index in [1.807, 2.05) is 4.90 Å². The highest BCUT2D eigenvalue weighted by atomic mass is 32.2. The van der Waals surface area contributed by atoms with Gasteiger partial charge in [-0.15, -0.1) is 0 Å². The van der Waals surface area contributed by atoms with Crippen LogP contribution in [0.15, 0.2) is 27.8 Å². The number of piperidine rings is 1. The minimum Gasteiger partial charge on any atom is -0.456 e. The molecule has 25 heavy (non-hydrogen) atoms. The van der Waals surface area contributed by atoms with Gasteiger partial charge in [0.25, 0.3) is 17.1 Å². The number of thioether (sulfide) groups is 1. The van der Waals surface area contributed by atoms with Gasteiger partial charge in [-0.1, -0.05) is 0 Å². The van der Waals surface area contributed by atoms with Crippen LogP contribution in [0.3, 0.4) is 0 Å². The van der Waals surface area contributed by atoms with E-state index in [4.69, 9.17) is 4.42 Å². The Morgan fingerprint density at radius 1 is 1.24 bits per heavy atom. The first-order valence-corrected chi connectivity index (χ1v) is 8.85. The number of likely N-dealkylation sites (tertiary alicyclic amines) is 1. The predicted octanol–water partition coefficient (Wildman–Crippen LogP) is 2.78. The quantitative estimate of drug-likeness (QED) is 0.831. The van der Waals surface area contributed by atoms with E-state index >= 15 is 0 Å². The number of carbonyl (C=O) groups is 3. The zero-order valence-electron chi connectivity index (χ0n) is 13.3. The lowest BCUT2D eigenvalue weighted by Gasteiger charge is -2.26. The van der Waals surface area contributed by atoms with Gasteiger partial charge in [0.15, 0.2) is 5.58 Å². The number of furan rings is 1. The minimum atomic E-state index is -0.446. The summed E-state index contributed by atoms with van der Waals surface area (Å²) in [6.45, 7) is 1.48. The van der Waals surface area contributed by atoms with Gasteiger partial charge < -0.3 is 9.32 Å². The van der Waals surface area contributed by atoms with Crippen LogP contribution in [0.25, 0.3) is 17.0 Å². The molecule has 4 rings (SSSR count). The monoisotopic (exact) mass is 357 g/mol. The third-order valence-electron chi connectivity index (χ3n) is 4.23. The number of rotatable bonds is 2. The zero-order valence-corrected chi connectivity index (χ0v) is 14.1. The molecule has 1 N–H and O–H groups in total. The van der Waals surface area contributed by atoms with Crippen LogP contribution < -0.4 is 5.32 Å². The Balaban J connectivity index is 1.69. The number of fused-ring (bicyclic) bond motifs is 1. The predicted molar refractivity (Wildman–Crippen MR) is 92.9 cm³/mol. The fraction of sp³-hybridized carbons (Fsp3) is 0.294. The molecule has 0 aliphatic carbocycles. The SMILES string of the molecule is O=C1NC(=O)/C(=C/c2cc3cncc(C(=O)N4CCCCC4)c3o2)S1. The van der Waals surface area contributed by atoms with Gasteiger partial charge in [0.2, 0.25) is 0 Å². The second-order valence-corrected chi connectivity index (χ2v) is 6.97. The lowest BCUT2D eigenvalue weighted by Crippen LogP contribution is -2.35. The Morgan fingerprint density at radius 2 is 2.04 bits per heavy atom. The number of aromatic nitrogens is 1. The molecule has 2 aliphatic heterocycles. The summed E-state index contributed by atoms with van der Waals surface area (Å²) in [5.74, 6) is -0.129. The molecule has 4 heterocycles. The van der Waals surface area contributed by atoms with Crippen molar-refractivity contribution in [3.63, 3.8) is 0 Å². The molecule has 2 aliphatic rings. The molecule has 7 nitrogen and oxygen atoms in total. The summed E-state index contributed by atoms with van der Waals surface area (Å²) >= 11 is 0.822. The summed E-state index contributed by atoms with van der Waals surface area (Å²) in [7, 11) is 0. The summed E-state index contributed by atoms with van der Waals surface area (Å²) < 4.78 is 5.79. The third kappa shape index (κ3) is 3.05. The number of nitrogens with zero attached hydrogens (tertiary/aromatic N) is 2. The van der Waals surface area contributed by atoms with Gasteiger partial charge in [0.1, 0.15) is 11.3 Å². The number of nitrogens with one attached hydrogen (secondary N) is 1. The maximum absolute atomic E-state index is 12.8. The van der Waals surface area contributed by atoms with Crippen molar-refractivity contribution in [1.82, 2.24) is 15.2 Å². The van der Waals surface area contributed by atoms with Crippen molar-refractivity contribution in [2.24, 2.45) is 0 Å². The molecule has 2 saturated heterocycles. The van der Waals surface area contributed by atoms with Crippen molar-refractivity contribution in [3.8, 4) is 0 Å². The number of pyridine rings is 1. The first kappa shape index (κ1) is 15.9. The van der Waals surface area contributed by atoms with Crippen LogP contribution in [-0.4, -0.2) is 40.0 Å². The lowest BCUT2D eigenvalue weighted by atomic mass is 10.1. The number of hydrogen-bond acceptors (Lipinski definition) is 6. The highest BCUT2D eigenvalue weighted by molar-refractivity contribution is 8.18. The first-order valence-electron chi connectivity index (χ1n) is 8.03. The summed E-state index contributed by atoms with van der Waals surface area (Å²) in [5.41, 5.74) is 0.871. The van der Waals surface area contributed by atoms with E-state index in [0.29, 0.717) is 22.3 Å². The van der Waals surface area contributed by atoms with Gasteiger partial charge >= 0.3 is 0 Å². The van der Waals surface area contributed by atoms with E-state index in [1.54, 1.807) is 12.3 Å². The summed E-state index contributed by atoms with van der Waals surface area (Å²) in [6, 6.07) is 1.71. The molecule has 0 spiro atoms. The average molecular weight is 357 g/mol. The number of imide groups is 1. The molecule has 128 valence electrons. The number of amides is 3. The van der Waals surface area contributed by atoms with Crippen molar-refractivity contribution in [3.05, 3.63) is 34.7 Å². The second kappa shape index (κ2) is 6.36. The van der Waals surface area contributed by atoms with Crippen molar-refractivity contribution in [2.45, 2.75) is 19.3 Å². The Labute approximate surface area is 147 Å². The van der Waals surface area contributed by atoms with Crippen LogP contribution in [0.1, 0.15) is 35.4 Å². The van der Waals surface area contributed by atoms with Crippen LogP contribution in [-0.2, 0) is 4.79 Å². The van der Waals surface area contributed by atoms with Gasteiger partial charge in [0.05, 0.1) is 4.91 Å². The number of carbonyl (C=O) groups excluding carboxylic acids is 3. The van der Waals surface area contributed by atoms with E-state index in [0.717, 1.165) is 44.1 Å². The highest BCUT2D eigenvalue weighted by Crippen LogP contribution is 2.29. The second-order valence-electron chi connectivity index (χ2n) is 5.96. The van der Waals surface area contributed by atoms with Gasteiger partial charge in [-0.25, -0.2) is 0 Å². The molecule has 0 radical (unpaired) electrons. The molecule has 0 unspecified atom stereocenters. The Bertz CT molecular complexity index is 912. The van der Waals surface area contributed by atoms with Gasteiger partial charge in [-0.3, -0.25) is 24.7 Å². The minimum absolute atomic E-state index is 0.0884. The van der Waals surface area contributed by atoms with E-state index in [-0.39, 0.29) is 10.8 Å². The Morgan fingerprint density at radius 3 is 2.76 bits per heavy atom. The maximum atomic E-state index is 12.8. The van der Waals surface area contributed by atoms with Crippen molar-refractivity contribution < 1.29 is 18.8 Å². The number of hydrogen-bond donors (Lipinski definition) is 1. The van der Waals surface area contributed by atoms with Gasteiger partial charge in [-0.2, -0.15) is 0 Å². The summed E-state index contributed by atoms with van der Waals surface area (Å²) in [4.78, 5) is 41.9. The first-order chi connectivity index (χ1) is 12.1. The maximum Gasteiger partial charge on any atom is 0.290 e. The fourth-order valence-electron chi connectivity index (χ4n) is 3.02. The molecule has 0 saturated carbocycles. The van der Waals surface area contributed by atoms with Gasteiger partial charge in [-0.05, 0) is 37.1 Å². The molecule has 0 aromatic carbocycles. The summed E-state index contributed by atoms with van der Waals surface area (Å²) in [6.07, 6.45) is 7.78. The molecule has 8 heteroatoms. The van der Waals surface area contributed by atoms with Crippen LogP contribution in [0.4, 0.5) is 4.79 Å². The molecular formula is C17H15N3O4S. The molecule has 3 amide bonds. The standard InChI is InChI=1S/C17H15N3O4S/c21-15-13(25-17(23)19-15)7-11-6-10-8-18-9-12(14(10)24-11)16(22)20-4-2-1-3-5-20/h6-9H,1-5H2,(H,19,21,23)/b13-7-. The van der Waals surface area contributed by atoms with Gasteiger partial charge in [0, 0.05) is 36.9 Å². The van der Waals surface area contributed by atoms with E-state index in [1.165, 1.54) is 12.3 Å². The normalized spacial score (nSPS) is 19.7. The van der Waals surface area contributed by atoms with Crippen molar-refractivity contribution in [1.29, 1.82) is 0 Å². The molecular weight excluding hydrogens is 342 g/mol. The van der Waals surface area contributed by atoms with Crippen molar-refractivity contribution in [2.75, 3.05) is 13.1 Å². The summed E-state index contributed by atoms with van der Waals surface area (Å²) in [5, 5.41) is 2.47. The lowest BCUT2D eigenvalue weighted by molar-refractivity contribution is -0.115. The van der Waals surface area contributed by atoms with Crippen LogP contribution in [0.5, 0.6) is 0 Å². The van der Waals surface area contributed by atoms with Crippen LogP contribution in [0.2, 0.25) is 0 Å². The Kier molecular flexibility index (Phi) is 4.04. The van der Waals surface area contributed by atoms with E-state index in [9.17, 15) is 14.4 Å². The van der Waals surface area contributed by atoms with Crippen molar-refractivity contribution >= 4 is 45.9 Å².